The summed E-state index contributed by atoms with van der Waals surface area (Å²) in [6, 6.07) is 7.93. The first-order chi connectivity index (χ1) is 6.36. The predicted octanol–water partition coefficient (Wildman–Crippen LogP) is 2.06. The lowest BCUT2D eigenvalue weighted by Crippen LogP contribution is -1.94. The number of ether oxygens (including phenoxy) is 1. The topological polar surface area (TPSA) is 35.2 Å². The van der Waals surface area contributed by atoms with Crippen molar-refractivity contribution in [2.45, 2.75) is 6.42 Å². The van der Waals surface area contributed by atoms with E-state index in [1.165, 1.54) is 5.56 Å². The van der Waals surface area contributed by atoms with Gasteiger partial charge in [0.2, 0.25) is 0 Å². The summed E-state index contributed by atoms with van der Waals surface area (Å²) in [7, 11) is 1.67. The fourth-order valence-electron chi connectivity index (χ4n) is 1.03. The molecule has 0 spiro atoms. The number of benzene rings is 1. The molecule has 2 heteroatoms. The number of hydrogen-bond donors (Lipinski definition) is 1. The minimum Gasteiger partial charge on any atom is -0.497 e. The van der Waals surface area contributed by atoms with Crippen molar-refractivity contribution in [2.24, 2.45) is 5.73 Å². The van der Waals surface area contributed by atoms with Crippen LogP contribution >= 0.6 is 0 Å². The maximum atomic E-state index is 5.37. The smallest absolute Gasteiger partial charge is 0.118 e. The largest absolute Gasteiger partial charge is 0.497 e. The van der Waals surface area contributed by atoms with Gasteiger partial charge in [0.1, 0.15) is 5.75 Å². The average molecular weight is 177 g/mol. The predicted molar refractivity (Wildman–Crippen MR) is 55.7 cm³/mol. The van der Waals surface area contributed by atoms with E-state index in [1.54, 1.807) is 7.11 Å². The highest BCUT2D eigenvalue weighted by molar-refractivity contribution is 5.50. The molecule has 70 valence electrons. The van der Waals surface area contributed by atoms with E-state index in [0.29, 0.717) is 6.54 Å². The van der Waals surface area contributed by atoms with E-state index in [4.69, 9.17) is 10.5 Å². The third-order valence-corrected chi connectivity index (χ3v) is 1.76. The van der Waals surface area contributed by atoms with Gasteiger partial charge >= 0.3 is 0 Å². The molecule has 0 saturated carbocycles. The Kier molecular flexibility index (Phi) is 4.06. The summed E-state index contributed by atoms with van der Waals surface area (Å²) in [5, 5.41) is 0. The first-order valence-electron chi connectivity index (χ1n) is 4.37. The van der Waals surface area contributed by atoms with E-state index < -0.39 is 0 Å². The first-order valence-corrected chi connectivity index (χ1v) is 4.37. The van der Waals surface area contributed by atoms with Gasteiger partial charge < -0.3 is 10.5 Å². The normalized spacial score (nSPS) is 10.6. The van der Waals surface area contributed by atoms with Crippen LogP contribution in [0.4, 0.5) is 0 Å². The SMILES string of the molecule is COc1ccc(/C=C\CCN)cc1. The molecule has 0 saturated heterocycles. The Hall–Kier alpha value is -1.28. The molecule has 1 aromatic rings. The van der Waals surface area contributed by atoms with Crippen molar-refractivity contribution in [3.05, 3.63) is 35.9 Å². The Morgan fingerprint density at radius 3 is 2.54 bits per heavy atom. The molecule has 0 fully saturated rings. The van der Waals surface area contributed by atoms with Crippen LogP contribution in [0.1, 0.15) is 12.0 Å². The Labute approximate surface area is 79.0 Å². The van der Waals surface area contributed by atoms with E-state index in [2.05, 4.69) is 12.2 Å². The maximum absolute atomic E-state index is 5.37. The van der Waals surface area contributed by atoms with E-state index >= 15 is 0 Å². The van der Waals surface area contributed by atoms with Crippen LogP contribution in [-0.2, 0) is 0 Å². The fraction of sp³-hybridized carbons (Fsp3) is 0.273. The second kappa shape index (κ2) is 5.38. The highest BCUT2D eigenvalue weighted by atomic mass is 16.5. The maximum Gasteiger partial charge on any atom is 0.118 e. The van der Waals surface area contributed by atoms with Crippen LogP contribution in [0.5, 0.6) is 5.75 Å². The Morgan fingerprint density at radius 1 is 1.31 bits per heavy atom. The Morgan fingerprint density at radius 2 is 2.00 bits per heavy atom. The lowest BCUT2D eigenvalue weighted by atomic mass is 10.2. The molecule has 0 radical (unpaired) electrons. The summed E-state index contributed by atoms with van der Waals surface area (Å²) in [6.45, 7) is 0.701. The van der Waals surface area contributed by atoms with Crippen molar-refractivity contribution >= 4 is 6.08 Å². The molecule has 1 aromatic carbocycles. The number of hydrogen-bond acceptors (Lipinski definition) is 2. The van der Waals surface area contributed by atoms with Gasteiger partial charge in [0.25, 0.3) is 0 Å². The van der Waals surface area contributed by atoms with E-state index in [1.807, 2.05) is 24.3 Å². The molecule has 0 bridgehead atoms. The van der Waals surface area contributed by atoms with Crippen molar-refractivity contribution < 1.29 is 4.74 Å². The molecular weight excluding hydrogens is 162 g/mol. The van der Waals surface area contributed by atoms with Crippen molar-refractivity contribution in [1.29, 1.82) is 0 Å². The zero-order valence-corrected chi connectivity index (χ0v) is 7.86. The van der Waals surface area contributed by atoms with Gasteiger partial charge in [-0.15, -0.1) is 0 Å². The van der Waals surface area contributed by atoms with Crippen LogP contribution in [0.3, 0.4) is 0 Å². The molecular formula is C11H15NO. The quantitative estimate of drug-likeness (QED) is 0.764. The Balaban J connectivity index is 2.58. The van der Waals surface area contributed by atoms with Crippen molar-refractivity contribution in [2.75, 3.05) is 13.7 Å². The summed E-state index contributed by atoms with van der Waals surface area (Å²) < 4.78 is 5.05. The molecule has 13 heavy (non-hydrogen) atoms. The molecule has 0 aliphatic carbocycles. The van der Waals surface area contributed by atoms with E-state index in [9.17, 15) is 0 Å². The number of methoxy groups -OCH3 is 1. The standard InChI is InChI=1S/C11H15NO/c1-13-11-7-5-10(6-8-11)4-2-3-9-12/h2,4-8H,3,9,12H2,1H3/b4-2-. The van der Waals surface area contributed by atoms with Crippen molar-refractivity contribution in [3.63, 3.8) is 0 Å². The van der Waals surface area contributed by atoms with Crippen LogP contribution in [-0.4, -0.2) is 13.7 Å². The molecule has 0 amide bonds. The van der Waals surface area contributed by atoms with Gasteiger partial charge in [-0.25, -0.2) is 0 Å². The summed E-state index contributed by atoms with van der Waals surface area (Å²) in [4.78, 5) is 0. The fourth-order valence-corrected chi connectivity index (χ4v) is 1.03. The molecule has 0 unspecified atom stereocenters. The summed E-state index contributed by atoms with van der Waals surface area (Å²) >= 11 is 0. The van der Waals surface area contributed by atoms with E-state index in [-0.39, 0.29) is 0 Å². The zero-order valence-electron chi connectivity index (χ0n) is 7.86. The Bertz CT molecular complexity index is 264. The van der Waals surface area contributed by atoms with Crippen LogP contribution in [0.25, 0.3) is 6.08 Å². The lowest BCUT2D eigenvalue weighted by molar-refractivity contribution is 0.415. The zero-order chi connectivity index (χ0) is 9.52. The van der Waals surface area contributed by atoms with Gasteiger partial charge in [0.05, 0.1) is 7.11 Å². The molecule has 0 atom stereocenters. The van der Waals surface area contributed by atoms with Gasteiger partial charge in [-0.05, 0) is 30.7 Å². The second-order valence-electron chi connectivity index (χ2n) is 2.75. The van der Waals surface area contributed by atoms with Gasteiger partial charge in [0.15, 0.2) is 0 Å². The molecule has 1 rings (SSSR count). The third kappa shape index (κ3) is 3.30. The third-order valence-electron chi connectivity index (χ3n) is 1.76. The summed E-state index contributed by atoms with van der Waals surface area (Å²) in [5.74, 6) is 0.885. The highest BCUT2D eigenvalue weighted by Crippen LogP contribution is 2.12. The van der Waals surface area contributed by atoms with Crippen LogP contribution in [0.2, 0.25) is 0 Å². The molecule has 0 heterocycles. The monoisotopic (exact) mass is 177 g/mol. The van der Waals surface area contributed by atoms with Gasteiger partial charge in [0, 0.05) is 0 Å². The lowest BCUT2D eigenvalue weighted by Gasteiger charge is -1.98. The van der Waals surface area contributed by atoms with Crippen LogP contribution in [0, 0.1) is 0 Å². The molecule has 0 aliphatic heterocycles. The summed E-state index contributed by atoms with van der Waals surface area (Å²) in [6.07, 6.45) is 5.06. The molecule has 2 nitrogen and oxygen atoms in total. The summed E-state index contributed by atoms with van der Waals surface area (Å²) in [5.41, 5.74) is 6.54. The van der Waals surface area contributed by atoms with E-state index in [0.717, 1.165) is 12.2 Å². The van der Waals surface area contributed by atoms with Gasteiger partial charge in [-0.3, -0.25) is 0 Å². The molecule has 2 N–H and O–H groups in total. The van der Waals surface area contributed by atoms with Gasteiger partial charge in [-0.1, -0.05) is 24.3 Å². The van der Waals surface area contributed by atoms with Crippen molar-refractivity contribution in [3.8, 4) is 5.75 Å². The second-order valence-corrected chi connectivity index (χ2v) is 2.75. The van der Waals surface area contributed by atoms with Crippen molar-refractivity contribution in [1.82, 2.24) is 0 Å². The minimum absolute atomic E-state index is 0.701. The highest BCUT2D eigenvalue weighted by Gasteiger charge is 1.88. The number of nitrogens with two attached hydrogens (primary N) is 1. The minimum atomic E-state index is 0.701. The molecule has 0 aromatic heterocycles. The van der Waals surface area contributed by atoms with Gasteiger partial charge in [-0.2, -0.15) is 0 Å². The molecule has 0 aliphatic rings. The first kappa shape index (κ1) is 9.81. The van der Waals surface area contributed by atoms with Crippen LogP contribution in [0.15, 0.2) is 30.3 Å². The van der Waals surface area contributed by atoms with Crippen LogP contribution < -0.4 is 10.5 Å². The average Bonchev–Trinajstić information content (AvgIpc) is 2.19. The number of rotatable bonds is 4.